The van der Waals surface area contributed by atoms with Gasteiger partial charge in [0.15, 0.2) is 6.23 Å². The Morgan fingerprint density at radius 3 is 2.37 bits per heavy atom. The minimum Gasteiger partial charge on any atom is -0.481 e. The summed E-state index contributed by atoms with van der Waals surface area (Å²) < 4.78 is 6.00. The number of aliphatic carboxylic acids is 2. The van der Waals surface area contributed by atoms with Crippen molar-refractivity contribution in [3.63, 3.8) is 0 Å². The van der Waals surface area contributed by atoms with E-state index in [2.05, 4.69) is 38.5 Å². The molecule has 2 amide bonds. The van der Waals surface area contributed by atoms with E-state index in [4.69, 9.17) is 14.9 Å². The van der Waals surface area contributed by atoms with Crippen LogP contribution >= 0.6 is 22.6 Å². The lowest BCUT2D eigenvalue weighted by Crippen LogP contribution is -2.49. The molecule has 2 atom stereocenters. The summed E-state index contributed by atoms with van der Waals surface area (Å²) in [4.78, 5) is 44.3. The zero-order valence-corrected chi connectivity index (χ0v) is 18.5. The maximum atomic E-state index is 12.0. The summed E-state index contributed by atoms with van der Waals surface area (Å²) in [5.74, 6) is -2.51. The van der Waals surface area contributed by atoms with Crippen LogP contribution in [-0.4, -0.2) is 53.5 Å². The predicted octanol–water partition coefficient (Wildman–Crippen LogP) is 1.67. The molecule has 0 aliphatic carbocycles. The molecule has 166 valence electrons. The van der Waals surface area contributed by atoms with Gasteiger partial charge in [0.2, 0.25) is 0 Å². The summed E-state index contributed by atoms with van der Waals surface area (Å²) in [6.07, 6.45) is 0.212. The van der Waals surface area contributed by atoms with Crippen molar-refractivity contribution in [1.82, 2.24) is 16.0 Å². The fourth-order valence-corrected chi connectivity index (χ4v) is 2.89. The van der Waals surface area contributed by atoms with Gasteiger partial charge in [-0.3, -0.25) is 9.59 Å². The van der Waals surface area contributed by atoms with Crippen molar-refractivity contribution in [1.29, 1.82) is 0 Å². The molecule has 0 spiro atoms. The summed E-state index contributed by atoms with van der Waals surface area (Å²) in [6.45, 7) is 1.68. The molecule has 11 heteroatoms. The first-order chi connectivity index (χ1) is 14.3. The highest BCUT2D eigenvalue weighted by atomic mass is 127. The standard InChI is InChI=1S/C19H26IN3O7/c20-14-6-4-13(5-7-14)11-21-10-2-1-3-16(30-12-24)23-19(29)22-15(18(27)28)8-9-17(25)26/h4-7,12,15-16,21H,1-3,8-11H2,(H,25,26)(H,27,28)(H2,22,23,29)/t15-,16+/m0/s1. The first-order valence-electron chi connectivity index (χ1n) is 9.37. The van der Waals surface area contributed by atoms with Crippen molar-refractivity contribution >= 4 is 47.0 Å². The lowest BCUT2D eigenvalue weighted by molar-refractivity contribution is -0.141. The van der Waals surface area contributed by atoms with Gasteiger partial charge in [0.1, 0.15) is 6.04 Å². The van der Waals surface area contributed by atoms with Crippen molar-refractivity contribution in [2.24, 2.45) is 0 Å². The first kappa shape index (κ1) is 25.6. The Kier molecular flexibility index (Phi) is 12.4. The van der Waals surface area contributed by atoms with Gasteiger partial charge in [0.05, 0.1) is 0 Å². The van der Waals surface area contributed by atoms with Gasteiger partial charge in [-0.15, -0.1) is 0 Å². The maximum absolute atomic E-state index is 12.0. The van der Waals surface area contributed by atoms with Crippen LogP contribution in [0.3, 0.4) is 0 Å². The van der Waals surface area contributed by atoms with E-state index in [-0.39, 0.29) is 12.9 Å². The van der Waals surface area contributed by atoms with Gasteiger partial charge >= 0.3 is 18.0 Å². The molecule has 0 aromatic heterocycles. The molecule has 5 N–H and O–H groups in total. The summed E-state index contributed by atoms with van der Waals surface area (Å²) in [6, 6.07) is 5.95. The minimum atomic E-state index is -1.36. The molecular weight excluding hydrogens is 509 g/mol. The molecule has 0 aliphatic rings. The molecule has 1 aromatic carbocycles. The number of halogens is 1. The van der Waals surface area contributed by atoms with Gasteiger partial charge in [0, 0.05) is 23.0 Å². The largest absolute Gasteiger partial charge is 0.481 e. The van der Waals surface area contributed by atoms with E-state index in [1.54, 1.807) is 0 Å². The lowest BCUT2D eigenvalue weighted by Gasteiger charge is -2.19. The number of unbranched alkanes of at least 4 members (excludes halogenated alkanes) is 1. The van der Waals surface area contributed by atoms with E-state index in [1.807, 2.05) is 24.3 Å². The number of hydrogen-bond acceptors (Lipinski definition) is 6. The fraction of sp³-hybridized carbons (Fsp3) is 0.474. The van der Waals surface area contributed by atoms with Gasteiger partial charge in [0.25, 0.3) is 6.47 Å². The number of benzene rings is 1. The van der Waals surface area contributed by atoms with Gasteiger partial charge in [-0.1, -0.05) is 12.1 Å². The normalized spacial score (nSPS) is 12.4. The molecule has 0 saturated heterocycles. The number of carboxylic acid groups (broad SMARTS) is 2. The third kappa shape index (κ3) is 11.6. The molecule has 0 bridgehead atoms. The SMILES string of the molecule is O=CO[C@H](CCCCNCc1ccc(I)cc1)NC(=O)N[C@@H](CCC(=O)O)C(=O)O. The van der Waals surface area contributed by atoms with Gasteiger partial charge in [-0.05, 0) is 66.1 Å². The van der Waals surface area contributed by atoms with E-state index >= 15 is 0 Å². The second-order valence-electron chi connectivity index (χ2n) is 6.46. The molecule has 0 aliphatic heterocycles. The molecule has 30 heavy (non-hydrogen) atoms. The van der Waals surface area contributed by atoms with Crippen LogP contribution in [0.5, 0.6) is 0 Å². The van der Waals surface area contributed by atoms with E-state index in [0.717, 1.165) is 19.5 Å². The van der Waals surface area contributed by atoms with Crippen LogP contribution in [0, 0.1) is 3.57 Å². The highest BCUT2D eigenvalue weighted by Gasteiger charge is 2.22. The van der Waals surface area contributed by atoms with Crippen LogP contribution in [0.15, 0.2) is 24.3 Å². The number of hydrogen-bond donors (Lipinski definition) is 5. The summed E-state index contributed by atoms with van der Waals surface area (Å²) in [5, 5.41) is 25.6. The molecular formula is C19H26IN3O7. The fourth-order valence-electron chi connectivity index (χ4n) is 2.53. The topological polar surface area (TPSA) is 154 Å². The van der Waals surface area contributed by atoms with Crippen LogP contribution in [0.4, 0.5) is 4.79 Å². The Hall–Kier alpha value is -2.41. The van der Waals surface area contributed by atoms with Gasteiger partial charge in [-0.2, -0.15) is 0 Å². The molecule has 0 saturated carbocycles. The van der Waals surface area contributed by atoms with Crippen molar-refractivity contribution < 1.29 is 34.1 Å². The highest BCUT2D eigenvalue weighted by molar-refractivity contribution is 14.1. The minimum absolute atomic E-state index is 0.207. The lowest BCUT2D eigenvalue weighted by atomic mass is 10.1. The van der Waals surface area contributed by atoms with E-state index in [9.17, 15) is 19.2 Å². The summed E-state index contributed by atoms with van der Waals surface area (Å²) in [7, 11) is 0. The Balaban J connectivity index is 2.32. The molecule has 0 fully saturated rings. The smallest absolute Gasteiger partial charge is 0.326 e. The van der Waals surface area contributed by atoms with Crippen LogP contribution in [0.1, 0.15) is 37.7 Å². The number of carbonyl (C=O) groups excluding carboxylic acids is 2. The first-order valence-corrected chi connectivity index (χ1v) is 10.5. The van der Waals surface area contributed by atoms with Crippen LogP contribution in [-0.2, 0) is 25.7 Å². The molecule has 1 aromatic rings. The van der Waals surface area contributed by atoms with Crippen molar-refractivity contribution in [2.45, 2.75) is 50.9 Å². The molecule has 10 nitrogen and oxygen atoms in total. The summed E-state index contributed by atoms with van der Waals surface area (Å²) >= 11 is 2.25. The Morgan fingerprint density at radius 1 is 1.07 bits per heavy atom. The third-order valence-corrected chi connectivity index (χ3v) is 4.79. The third-order valence-electron chi connectivity index (χ3n) is 4.07. The zero-order chi connectivity index (χ0) is 22.4. The van der Waals surface area contributed by atoms with Crippen molar-refractivity contribution in [3.05, 3.63) is 33.4 Å². The maximum Gasteiger partial charge on any atom is 0.326 e. The number of amides is 2. The number of rotatable bonds is 15. The van der Waals surface area contributed by atoms with Gasteiger partial charge < -0.3 is 30.9 Å². The molecule has 1 rings (SSSR count). The Morgan fingerprint density at radius 2 is 1.77 bits per heavy atom. The molecule has 0 heterocycles. The second-order valence-corrected chi connectivity index (χ2v) is 7.71. The van der Waals surface area contributed by atoms with E-state index < -0.39 is 36.7 Å². The number of nitrogens with one attached hydrogen (secondary N) is 3. The summed E-state index contributed by atoms with van der Waals surface area (Å²) in [5.41, 5.74) is 1.17. The number of ether oxygens (including phenoxy) is 1. The second kappa shape index (κ2) is 14.6. The number of urea groups is 1. The van der Waals surface area contributed by atoms with Crippen LogP contribution < -0.4 is 16.0 Å². The van der Waals surface area contributed by atoms with E-state index in [0.29, 0.717) is 12.8 Å². The van der Waals surface area contributed by atoms with Gasteiger partial charge in [-0.25, -0.2) is 9.59 Å². The number of carbonyl (C=O) groups is 4. The Bertz CT molecular complexity index is 700. The molecule has 0 unspecified atom stereocenters. The number of carboxylic acids is 2. The average molecular weight is 535 g/mol. The quantitative estimate of drug-likeness (QED) is 0.0984. The monoisotopic (exact) mass is 535 g/mol. The highest BCUT2D eigenvalue weighted by Crippen LogP contribution is 2.07. The van der Waals surface area contributed by atoms with Crippen molar-refractivity contribution in [2.75, 3.05) is 6.54 Å². The molecule has 0 radical (unpaired) electrons. The van der Waals surface area contributed by atoms with Crippen LogP contribution in [0.2, 0.25) is 0 Å². The van der Waals surface area contributed by atoms with Crippen molar-refractivity contribution in [3.8, 4) is 0 Å². The zero-order valence-electron chi connectivity index (χ0n) is 16.3. The average Bonchev–Trinajstić information content (AvgIpc) is 2.68. The Labute approximate surface area is 187 Å². The van der Waals surface area contributed by atoms with E-state index in [1.165, 1.54) is 9.13 Å². The predicted molar refractivity (Wildman–Crippen MR) is 116 cm³/mol. The van der Waals surface area contributed by atoms with Crippen LogP contribution in [0.25, 0.3) is 0 Å².